The average molecular weight is 575 g/mol. The highest BCUT2D eigenvalue weighted by Gasteiger charge is 2.51. The van der Waals surface area contributed by atoms with Crippen LogP contribution >= 0.6 is 0 Å². The molecule has 0 spiro atoms. The highest BCUT2D eigenvalue weighted by molar-refractivity contribution is 5.94. The van der Waals surface area contributed by atoms with Crippen molar-refractivity contribution in [3.05, 3.63) is 0 Å². The second kappa shape index (κ2) is 15.6. The quantitative estimate of drug-likeness (QED) is 0.0965. The van der Waals surface area contributed by atoms with Gasteiger partial charge in [0.15, 0.2) is 12.2 Å². The van der Waals surface area contributed by atoms with Crippen LogP contribution in [0.5, 0.6) is 0 Å². The van der Waals surface area contributed by atoms with Crippen molar-refractivity contribution in [1.82, 2.24) is 21.3 Å². The van der Waals surface area contributed by atoms with E-state index in [1.807, 2.05) is 0 Å². The van der Waals surface area contributed by atoms with E-state index in [-0.39, 0.29) is 19.4 Å². The van der Waals surface area contributed by atoms with Gasteiger partial charge in [0.05, 0.1) is 6.61 Å². The maximum Gasteiger partial charge on any atom is 0.408 e. The highest BCUT2D eigenvalue weighted by atomic mass is 16.6. The minimum Gasteiger partial charge on any atom is -0.481 e. The average Bonchev–Trinajstić information content (AvgIpc) is 3.63. The van der Waals surface area contributed by atoms with Gasteiger partial charge in [-0.2, -0.15) is 0 Å². The number of hydrogen-bond donors (Lipinski definition) is 6. The van der Waals surface area contributed by atoms with Crippen LogP contribution in [0, 0.1) is 0 Å². The molecule has 1 aliphatic heterocycles. The maximum absolute atomic E-state index is 12.9. The van der Waals surface area contributed by atoms with Gasteiger partial charge in [-0.25, -0.2) is 14.4 Å². The molecule has 0 radical (unpaired) electrons. The van der Waals surface area contributed by atoms with Crippen LogP contribution in [-0.4, -0.2) is 101 Å². The third-order valence-corrected chi connectivity index (χ3v) is 5.23. The van der Waals surface area contributed by atoms with Gasteiger partial charge in [0.25, 0.3) is 5.91 Å². The second-order valence-electron chi connectivity index (χ2n) is 9.85. The van der Waals surface area contributed by atoms with Crippen LogP contribution in [0.25, 0.3) is 0 Å². The standard InChI is InChI=1S/C24H38N4O12/c1-6-8-12(26-19(32)13(9-10-15(29)30)28-23(37)40-24(3,4)5)18(31)27-14(21(34)35)11-25-20(33)16-17(39-16)22(36)38-7-2/h12-14,16-17H,6-11H2,1-5H3,(H,25,33)(H,26,32)(H,27,31)(H,28,37)(H,29,30)(H,34,35)/t12-,13-,14-,16-,17-/m0/s1. The predicted octanol–water partition coefficient (Wildman–Crippen LogP) is -0.954. The summed E-state index contributed by atoms with van der Waals surface area (Å²) in [5.41, 5.74) is -0.894. The molecule has 0 bridgehead atoms. The van der Waals surface area contributed by atoms with Gasteiger partial charge in [-0.1, -0.05) is 13.3 Å². The minimum atomic E-state index is -1.60. The van der Waals surface area contributed by atoms with E-state index >= 15 is 0 Å². The summed E-state index contributed by atoms with van der Waals surface area (Å²) in [5.74, 6) is -5.98. The van der Waals surface area contributed by atoms with Crippen LogP contribution in [-0.2, 0) is 43.0 Å². The minimum absolute atomic E-state index is 0.0749. The van der Waals surface area contributed by atoms with Crippen molar-refractivity contribution < 1.29 is 58.0 Å². The molecule has 6 N–H and O–H groups in total. The zero-order valence-electron chi connectivity index (χ0n) is 23.1. The van der Waals surface area contributed by atoms with Crippen molar-refractivity contribution in [2.75, 3.05) is 13.2 Å². The van der Waals surface area contributed by atoms with Gasteiger partial charge in [-0.15, -0.1) is 0 Å². The van der Waals surface area contributed by atoms with Crippen LogP contribution in [0.1, 0.15) is 60.3 Å². The third-order valence-electron chi connectivity index (χ3n) is 5.23. The zero-order chi connectivity index (χ0) is 30.6. The van der Waals surface area contributed by atoms with Gasteiger partial charge >= 0.3 is 24.0 Å². The van der Waals surface area contributed by atoms with E-state index in [0.717, 1.165) is 0 Å². The number of rotatable bonds is 16. The van der Waals surface area contributed by atoms with Gasteiger partial charge in [0, 0.05) is 13.0 Å². The number of epoxide rings is 1. The Morgan fingerprint density at radius 2 is 1.43 bits per heavy atom. The molecule has 0 aliphatic carbocycles. The zero-order valence-corrected chi connectivity index (χ0v) is 23.1. The van der Waals surface area contributed by atoms with Crippen LogP contribution < -0.4 is 21.3 Å². The SMILES string of the molecule is CCC[C@H](NC(=O)[C@H](CCC(=O)O)NC(=O)OC(C)(C)C)C(=O)N[C@@H](CNC(=O)[C@H]1O[C@@H]1C(=O)OCC)C(=O)O. The predicted molar refractivity (Wildman–Crippen MR) is 135 cm³/mol. The van der Waals surface area contributed by atoms with Crippen LogP contribution in [0.2, 0.25) is 0 Å². The van der Waals surface area contributed by atoms with Crippen LogP contribution in [0.15, 0.2) is 0 Å². The molecular weight excluding hydrogens is 536 g/mol. The Balaban J connectivity index is 2.83. The molecule has 0 unspecified atom stereocenters. The monoisotopic (exact) mass is 574 g/mol. The summed E-state index contributed by atoms with van der Waals surface area (Å²) in [6.45, 7) is 7.61. The number of carbonyl (C=O) groups excluding carboxylic acids is 5. The van der Waals surface area contributed by atoms with E-state index in [4.69, 9.17) is 19.3 Å². The van der Waals surface area contributed by atoms with Crippen molar-refractivity contribution in [3.8, 4) is 0 Å². The Bertz CT molecular complexity index is 964. The number of esters is 1. The molecule has 16 heteroatoms. The largest absolute Gasteiger partial charge is 0.481 e. The van der Waals surface area contributed by atoms with Gasteiger partial charge in [0.2, 0.25) is 11.8 Å². The fourth-order valence-corrected chi connectivity index (χ4v) is 3.31. The lowest BCUT2D eigenvalue weighted by atomic mass is 10.1. The maximum atomic E-state index is 12.9. The smallest absolute Gasteiger partial charge is 0.408 e. The number of ether oxygens (including phenoxy) is 3. The van der Waals surface area contributed by atoms with E-state index in [1.54, 1.807) is 34.6 Å². The van der Waals surface area contributed by atoms with Gasteiger partial charge in [-0.05, 0) is 40.5 Å². The van der Waals surface area contributed by atoms with E-state index < -0.39 is 90.6 Å². The van der Waals surface area contributed by atoms with Gasteiger partial charge in [-0.3, -0.25) is 19.2 Å². The molecule has 1 rings (SSSR count). The van der Waals surface area contributed by atoms with Crippen LogP contribution in [0.3, 0.4) is 0 Å². The number of amides is 4. The summed E-state index contributed by atoms with van der Waals surface area (Å²) < 4.78 is 14.8. The molecular formula is C24H38N4O12. The molecule has 40 heavy (non-hydrogen) atoms. The first-order valence-electron chi connectivity index (χ1n) is 12.7. The number of alkyl carbamates (subject to hydrolysis) is 1. The molecule has 0 aromatic rings. The Morgan fingerprint density at radius 1 is 0.850 bits per heavy atom. The topological polar surface area (TPSA) is 239 Å². The van der Waals surface area contributed by atoms with E-state index in [1.165, 1.54) is 0 Å². The number of nitrogens with one attached hydrogen (secondary N) is 4. The Hall–Kier alpha value is -3.95. The van der Waals surface area contributed by atoms with Gasteiger partial charge < -0.3 is 45.7 Å². The second-order valence-corrected chi connectivity index (χ2v) is 9.85. The van der Waals surface area contributed by atoms with Crippen molar-refractivity contribution in [2.24, 2.45) is 0 Å². The summed E-state index contributed by atoms with van der Waals surface area (Å²) in [6.07, 6.45) is -3.52. The molecule has 0 saturated carbocycles. The van der Waals surface area contributed by atoms with E-state index in [2.05, 4.69) is 21.3 Å². The first kappa shape index (κ1) is 34.1. The molecule has 0 aromatic heterocycles. The first-order chi connectivity index (χ1) is 18.6. The molecule has 1 heterocycles. The molecule has 1 saturated heterocycles. The lowest BCUT2D eigenvalue weighted by Crippen LogP contribution is -2.57. The fraction of sp³-hybridized carbons (Fsp3) is 0.708. The van der Waals surface area contributed by atoms with Crippen molar-refractivity contribution in [3.63, 3.8) is 0 Å². The van der Waals surface area contributed by atoms with Crippen molar-refractivity contribution in [1.29, 1.82) is 0 Å². The molecule has 4 amide bonds. The summed E-state index contributed by atoms with van der Waals surface area (Å²) in [5, 5.41) is 27.7. The summed E-state index contributed by atoms with van der Waals surface area (Å²) in [4.78, 5) is 84.5. The summed E-state index contributed by atoms with van der Waals surface area (Å²) in [6, 6.07) is -4.21. The number of hydrogen-bond acceptors (Lipinski definition) is 10. The number of carbonyl (C=O) groups is 7. The highest BCUT2D eigenvalue weighted by Crippen LogP contribution is 2.23. The number of aliphatic carboxylic acids is 2. The molecule has 16 nitrogen and oxygen atoms in total. The lowest BCUT2D eigenvalue weighted by molar-refractivity contribution is -0.145. The first-order valence-corrected chi connectivity index (χ1v) is 12.7. The lowest BCUT2D eigenvalue weighted by Gasteiger charge is -2.25. The summed E-state index contributed by atoms with van der Waals surface area (Å²) >= 11 is 0. The molecule has 1 fully saturated rings. The molecule has 5 atom stereocenters. The van der Waals surface area contributed by atoms with E-state index in [0.29, 0.717) is 6.42 Å². The van der Waals surface area contributed by atoms with Crippen molar-refractivity contribution in [2.45, 2.75) is 96.2 Å². The molecule has 226 valence electrons. The number of carboxylic acid groups (broad SMARTS) is 2. The molecule has 0 aromatic carbocycles. The third kappa shape index (κ3) is 12.3. The Kier molecular flexibility index (Phi) is 13.3. The normalized spacial score (nSPS) is 18.2. The van der Waals surface area contributed by atoms with Crippen LogP contribution in [0.4, 0.5) is 4.79 Å². The summed E-state index contributed by atoms with van der Waals surface area (Å²) in [7, 11) is 0. The Labute approximate surface area is 230 Å². The van der Waals surface area contributed by atoms with E-state index in [9.17, 15) is 38.7 Å². The van der Waals surface area contributed by atoms with Gasteiger partial charge in [0.1, 0.15) is 23.7 Å². The van der Waals surface area contributed by atoms with Crippen molar-refractivity contribution >= 4 is 41.7 Å². The Morgan fingerprint density at radius 3 is 1.93 bits per heavy atom. The molecule has 1 aliphatic rings. The number of carboxylic acids is 2. The fourth-order valence-electron chi connectivity index (χ4n) is 3.31.